The fraction of sp³-hybridized carbons (Fsp3) is 0. The first-order valence-corrected chi connectivity index (χ1v) is 7.90. The normalized spacial score (nSPS) is 11.8. The number of hydrazone groups is 1. The van der Waals surface area contributed by atoms with Crippen LogP contribution < -0.4 is 16.3 Å². The predicted octanol–water partition coefficient (Wildman–Crippen LogP) is 1.09. The maximum absolute atomic E-state index is 11.3. The molecule has 20 heavy (non-hydrogen) atoms. The topological polar surface area (TPSA) is 158 Å². The summed E-state index contributed by atoms with van der Waals surface area (Å²) < 4.78 is 23.2. The first-order valence-electron chi connectivity index (χ1n) is 4.77. The Morgan fingerprint density at radius 3 is 2.25 bits per heavy atom. The number of halogens is 2. The van der Waals surface area contributed by atoms with Crippen molar-refractivity contribution in [2.24, 2.45) is 16.0 Å². The van der Waals surface area contributed by atoms with Crippen molar-refractivity contribution in [3.63, 3.8) is 0 Å². The molecule has 0 aromatic heterocycles. The molecule has 0 fully saturated rings. The fourth-order valence-electron chi connectivity index (χ4n) is 1.08. The molecule has 0 aliphatic carbocycles. The summed E-state index contributed by atoms with van der Waals surface area (Å²) in [7, 11) is -3.84. The summed E-state index contributed by atoms with van der Waals surface area (Å²) in [6.07, 6.45) is 0. The monoisotopic (exact) mass is 422 g/mol. The predicted molar refractivity (Wildman–Crippen MR) is 81.8 cm³/mol. The van der Waals surface area contributed by atoms with E-state index in [4.69, 9.17) is 21.5 Å². The minimum Gasteiger partial charge on any atom is -0.382 e. The van der Waals surface area contributed by atoms with E-state index in [0.717, 1.165) is 0 Å². The molecule has 0 unspecified atom stereocenters. The average molecular weight is 424 g/mol. The van der Waals surface area contributed by atoms with Gasteiger partial charge in [-0.15, -0.1) is 0 Å². The number of nitrogens with one attached hydrogen (secondary N) is 2. The molecule has 106 valence electrons. The number of nitrogens with zero attached hydrogens (tertiary/aromatic N) is 2. The lowest BCUT2D eigenvalue weighted by Gasteiger charge is -2.09. The van der Waals surface area contributed by atoms with Crippen molar-refractivity contribution in [2.75, 3.05) is 5.43 Å². The molecular formula is C9H8Br2N6O2S. The van der Waals surface area contributed by atoms with E-state index in [9.17, 15) is 8.42 Å². The SMILES string of the molecule is N#C/C(=N\Nc1c(Br)cc(S(N)(=O)=O)cc1Br)C(=N)N. The molecule has 0 aliphatic heterocycles. The zero-order valence-electron chi connectivity index (χ0n) is 9.68. The van der Waals surface area contributed by atoms with E-state index >= 15 is 0 Å². The molecule has 1 aromatic rings. The van der Waals surface area contributed by atoms with Gasteiger partial charge in [0.15, 0.2) is 5.84 Å². The fourth-order valence-corrected chi connectivity index (χ4v) is 3.31. The lowest BCUT2D eigenvalue weighted by Crippen LogP contribution is -2.22. The Morgan fingerprint density at radius 1 is 1.40 bits per heavy atom. The molecule has 11 heteroatoms. The zero-order valence-corrected chi connectivity index (χ0v) is 13.7. The van der Waals surface area contributed by atoms with Crippen molar-refractivity contribution in [3.8, 4) is 6.07 Å². The molecular weight excluding hydrogens is 416 g/mol. The Balaban J connectivity index is 3.24. The van der Waals surface area contributed by atoms with Gasteiger partial charge in [-0.25, -0.2) is 13.6 Å². The number of anilines is 1. The van der Waals surface area contributed by atoms with Gasteiger partial charge in [-0.05, 0) is 44.0 Å². The Bertz CT molecular complexity index is 714. The van der Waals surface area contributed by atoms with Crippen LogP contribution in [0.1, 0.15) is 0 Å². The van der Waals surface area contributed by atoms with Crippen LogP contribution in [0.2, 0.25) is 0 Å². The summed E-state index contributed by atoms with van der Waals surface area (Å²) in [4.78, 5) is -0.0992. The molecule has 0 saturated heterocycles. The summed E-state index contributed by atoms with van der Waals surface area (Å²) in [5.74, 6) is -0.492. The van der Waals surface area contributed by atoms with E-state index < -0.39 is 15.9 Å². The lowest BCUT2D eigenvalue weighted by atomic mass is 10.3. The summed E-state index contributed by atoms with van der Waals surface area (Å²) in [5.41, 5.74) is 7.69. The molecule has 1 rings (SSSR count). The second-order valence-corrected chi connectivity index (χ2v) is 6.67. The van der Waals surface area contributed by atoms with Crippen LogP contribution in [-0.4, -0.2) is 20.0 Å². The number of primary sulfonamides is 1. The van der Waals surface area contributed by atoms with Crippen LogP contribution in [0.4, 0.5) is 5.69 Å². The third-order valence-electron chi connectivity index (χ3n) is 1.98. The molecule has 0 atom stereocenters. The van der Waals surface area contributed by atoms with Gasteiger partial charge in [0.05, 0.1) is 10.6 Å². The molecule has 0 bridgehead atoms. The molecule has 0 radical (unpaired) electrons. The number of hydrogen-bond donors (Lipinski definition) is 4. The van der Waals surface area contributed by atoms with E-state index in [1.54, 1.807) is 6.07 Å². The average Bonchev–Trinajstić information content (AvgIpc) is 2.30. The molecule has 0 spiro atoms. The molecule has 0 aliphatic rings. The second-order valence-electron chi connectivity index (χ2n) is 3.40. The minimum absolute atomic E-state index is 0.0992. The Kier molecular flexibility index (Phi) is 5.23. The van der Waals surface area contributed by atoms with Gasteiger partial charge in [0, 0.05) is 8.95 Å². The van der Waals surface area contributed by atoms with Crippen LogP contribution in [0.5, 0.6) is 0 Å². The highest BCUT2D eigenvalue weighted by Crippen LogP contribution is 2.33. The first-order chi connectivity index (χ1) is 9.16. The highest BCUT2D eigenvalue weighted by Gasteiger charge is 2.14. The number of rotatable bonds is 4. The smallest absolute Gasteiger partial charge is 0.238 e. The van der Waals surface area contributed by atoms with Crippen molar-refractivity contribution in [1.29, 1.82) is 10.7 Å². The molecule has 0 saturated carbocycles. The van der Waals surface area contributed by atoms with Crippen LogP contribution in [0, 0.1) is 16.7 Å². The molecule has 6 N–H and O–H groups in total. The Morgan fingerprint density at radius 2 is 1.90 bits per heavy atom. The van der Waals surface area contributed by atoms with Gasteiger partial charge in [-0.3, -0.25) is 10.8 Å². The standard InChI is InChI=1S/C9H8Br2N6O2S/c10-5-1-4(20(15,18)19)2-6(11)8(5)17-16-7(3-12)9(13)14/h1-2,17H,(H3,13,14)(H2,15,18,19)/b16-7+. The van der Waals surface area contributed by atoms with Crippen LogP contribution in [0.15, 0.2) is 31.1 Å². The number of nitriles is 1. The maximum Gasteiger partial charge on any atom is 0.238 e. The summed E-state index contributed by atoms with van der Waals surface area (Å²) in [5, 5.41) is 24.5. The van der Waals surface area contributed by atoms with E-state index in [2.05, 4.69) is 42.4 Å². The van der Waals surface area contributed by atoms with Crippen molar-refractivity contribution in [1.82, 2.24) is 0 Å². The molecule has 0 heterocycles. The quantitative estimate of drug-likeness (QED) is 0.323. The zero-order chi connectivity index (χ0) is 15.5. The van der Waals surface area contributed by atoms with E-state index in [0.29, 0.717) is 14.6 Å². The highest BCUT2D eigenvalue weighted by atomic mass is 79.9. The van der Waals surface area contributed by atoms with Crippen LogP contribution >= 0.6 is 31.9 Å². The van der Waals surface area contributed by atoms with Crippen molar-refractivity contribution in [2.45, 2.75) is 4.90 Å². The first kappa shape index (κ1) is 16.6. The van der Waals surface area contributed by atoms with Crippen molar-refractivity contribution in [3.05, 3.63) is 21.1 Å². The maximum atomic E-state index is 11.3. The highest BCUT2D eigenvalue weighted by molar-refractivity contribution is 9.11. The van der Waals surface area contributed by atoms with E-state index in [1.807, 2.05) is 0 Å². The van der Waals surface area contributed by atoms with Crippen LogP contribution in [0.3, 0.4) is 0 Å². The van der Waals surface area contributed by atoms with E-state index in [1.165, 1.54) is 12.1 Å². The number of hydrogen-bond acceptors (Lipinski definition) is 6. The molecule has 0 amide bonds. The van der Waals surface area contributed by atoms with E-state index in [-0.39, 0.29) is 10.6 Å². The summed E-state index contributed by atoms with van der Waals surface area (Å²) in [6.45, 7) is 0. The largest absolute Gasteiger partial charge is 0.382 e. The third kappa shape index (κ3) is 4.01. The van der Waals surface area contributed by atoms with Gasteiger partial charge >= 0.3 is 0 Å². The number of benzene rings is 1. The van der Waals surface area contributed by atoms with Crippen molar-refractivity contribution >= 4 is 59.1 Å². The lowest BCUT2D eigenvalue weighted by molar-refractivity contribution is 0.597. The van der Waals surface area contributed by atoms with Gasteiger partial charge in [0.25, 0.3) is 0 Å². The van der Waals surface area contributed by atoms with Gasteiger partial charge in [0.2, 0.25) is 15.7 Å². The summed E-state index contributed by atoms with van der Waals surface area (Å²) >= 11 is 6.30. The van der Waals surface area contributed by atoms with Gasteiger partial charge in [0.1, 0.15) is 6.07 Å². The van der Waals surface area contributed by atoms with Gasteiger partial charge < -0.3 is 5.73 Å². The Hall–Kier alpha value is -1.48. The number of sulfonamides is 1. The number of amidine groups is 1. The summed E-state index contributed by atoms with van der Waals surface area (Å²) in [6, 6.07) is 4.19. The molecule has 1 aromatic carbocycles. The van der Waals surface area contributed by atoms with Crippen LogP contribution in [-0.2, 0) is 10.0 Å². The second kappa shape index (κ2) is 6.31. The van der Waals surface area contributed by atoms with Crippen LogP contribution in [0.25, 0.3) is 0 Å². The Labute approximate surface area is 131 Å². The minimum atomic E-state index is -3.84. The van der Waals surface area contributed by atoms with Crippen molar-refractivity contribution < 1.29 is 8.42 Å². The third-order valence-corrected chi connectivity index (χ3v) is 4.13. The molecule has 8 nitrogen and oxygen atoms in total. The van der Waals surface area contributed by atoms with Gasteiger partial charge in [-0.2, -0.15) is 10.4 Å². The number of nitrogens with two attached hydrogens (primary N) is 2. The van der Waals surface area contributed by atoms with Gasteiger partial charge in [-0.1, -0.05) is 0 Å².